The Morgan fingerprint density at radius 1 is 0.905 bits per heavy atom. The Labute approximate surface area is 124 Å². The summed E-state index contributed by atoms with van der Waals surface area (Å²) in [5, 5.41) is 0. The summed E-state index contributed by atoms with van der Waals surface area (Å²) in [5.41, 5.74) is 2.95. The molecule has 0 aliphatic rings. The molecule has 0 saturated heterocycles. The van der Waals surface area contributed by atoms with Crippen LogP contribution < -0.4 is 0 Å². The van der Waals surface area contributed by atoms with E-state index in [0.29, 0.717) is 11.3 Å². The number of rotatable bonds is 4. The Bertz CT molecular complexity index is 737. The molecule has 0 unspecified atom stereocenters. The molecular weight excluding hydrogens is 260 g/mol. The van der Waals surface area contributed by atoms with Gasteiger partial charge in [-0.1, -0.05) is 60.2 Å². The summed E-state index contributed by atoms with van der Waals surface area (Å²) in [7, 11) is 0. The van der Waals surface area contributed by atoms with Crippen LogP contribution >= 0.6 is 0 Å². The lowest BCUT2D eigenvalue weighted by Crippen LogP contribution is -2.01. The van der Waals surface area contributed by atoms with Gasteiger partial charge in [0.2, 0.25) is 0 Å². The molecule has 3 rings (SSSR count). The minimum absolute atomic E-state index is 0.0698. The first-order chi connectivity index (χ1) is 10.2. The predicted octanol–water partition coefficient (Wildman–Crippen LogP) is 4.68. The van der Waals surface area contributed by atoms with Crippen LogP contribution in [0.4, 0.5) is 0 Å². The van der Waals surface area contributed by atoms with Gasteiger partial charge in [0.1, 0.15) is 11.5 Å². The van der Waals surface area contributed by atoms with Crippen molar-refractivity contribution in [2.45, 2.75) is 13.3 Å². The summed E-state index contributed by atoms with van der Waals surface area (Å²) < 4.78 is 5.78. The van der Waals surface area contributed by atoms with E-state index in [1.807, 2.05) is 66.7 Å². The van der Waals surface area contributed by atoms with E-state index in [0.717, 1.165) is 11.3 Å². The minimum Gasteiger partial charge on any atom is -0.461 e. The van der Waals surface area contributed by atoms with Crippen LogP contribution in [0.2, 0.25) is 0 Å². The normalized spacial score (nSPS) is 10.5. The number of carbonyl (C=O) groups excluding carboxylic acids is 1. The third kappa shape index (κ3) is 3.11. The summed E-state index contributed by atoms with van der Waals surface area (Å²) in [4.78, 5) is 12.1. The zero-order valence-electron chi connectivity index (χ0n) is 11.9. The van der Waals surface area contributed by atoms with Crippen molar-refractivity contribution in [1.29, 1.82) is 0 Å². The molecule has 0 radical (unpaired) electrons. The van der Waals surface area contributed by atoms with Crippen molar-refractivity contribution in [3.8, 4) is 11.3 Å². The van der Waals surface area contributed by atoms with Crippen LogP contribution in [-0.2, 0) is 6.42 Å². The second-order valence-electron chi connectivity index (χ2n) is 5.10. The molecule has 21 heavy (non-hydrogen) atoms. The van der Waals surface area contributed by atoms with Gasteiger partial charge in [0, 0.05) is 11.1 Å². The number of furan rings is 1. The first kappa shape index (κ1) is 13.4. The van der Waals surface area contributed by atoms with E-state index >= 15 is 0 Å². The minimum atomic E-state index is 0.0698. The monoisotopic (exact) mass is 276 g/mol. The average molecular weight is 276 g/mol. The van der Waals surface area contributed by atoms with E-state index in [2.05, 4.69) is 6.92 Å². The second kappa shape index (κ2) is 5.80. The van der Waals surface area contributed by atoms with Crippen molar-refractivity contribution in [2.24, 2.45) is 0 Å². The van der Waals surface area contributed by atoms with Crippen molar-refractivity contribution in [3.63, 3.8) is 0 Å². The molecule has 0 aliphatic carbocycles. The Kier molecular flexibility index (Phi) is 3.69. The zero-order valence-corrected chi connectivity index (χ0v) is 11.9. The topological polar surface area (TPSA) is 30.2 Å². The third-order valence-corrected chi connectivity index (χ3v) is 3.43. The Morgan fingerprint density at radius 2 is 1.62 bits per heavy atom. The maximum atomic E-state index is 12.1. The van der Waals surface area contributed by atoms with Crippen LogP contribution in [0.5, 0.6) is 0 Å². The van der Waals surface area contributed by atoms with Crippen LogP contribution in [0.3, 0.4) is 0 Å². The fourth-order valence-electron chi connectivity index (χ4n) is 2.23. The van der Waals surface area contributed by atoms with Gasteiger partial charge in [0.05, 0.1) is 6.42 Å². The lowest BCUT2D eigenvalue weighted by molar-refractivity contribution is 0.0987. The van der Waals surface area contributed by atoms with E-state index in [1.54, 1.807) is 0 Å². The molecule has 2 nitrogen and oxygen atoms in total. The van der Waals surface area contributed by atoms with Gasteiger partial charge < -0.3 is 4.42 Å². The largest absolute Gasteiger partial charge is 0.461 e. The SMILES string of the molecule is Cc1ccc(-c2ccc(CC(=O)c3ccccc3)o2)cc1. The van der Waals surface area contributed by atoms with Crippen LogP contribution in [-0.4, -0.2) is 5.78 Å². The van der Waals surface area contributed by atoms with Gasteiger partial charge in [-0.25, -0.2) is 0 Å². The van der Waals surface area contributed by atoms with Gasteiger partial charge in [0.15, 0.2) is 5.78 Å². The number of aryl methyl sites for hydroxylation is 1. The van der Waals surface area contributed by atoms with Crippen molar-refractivity contribution in [2.75, 3.05) is 0 Å². The summed E-state index contributed by atoms with van der Waals surface area (Å²) in [6.07, 6.45) is 0.288. The molecule has 0 N–H and O–H groups in total. The van der Waals surface area contributed by atoms with Crippen LogP contribution in [0.15, 0.2) is 71.1 Å². The molecular formula is C19H16O2. The van der Waals surface area contributed by atoms with Crippen molar-refractivity contribution in [1.82, 2.24) is 0 Å². The smallest absolute Gasteiger partial charge is 0.170 e. The molecule has 104 valence electrons. The molecule has 0 atom stereocenters. The number of ketones is 1. The fraction of sp³-hybridized carbons (Fsp3) is 0.105. The average Bonchev–Trinajstić information content (AvgIpc) is 2.97. The quantitative estimate of drug-likeness (QED) is 0.648. The van der Waals surface area contributed by atoms with E-state index in [9.17, 15) is 4.79 Å². The molecule has 3 aromatic rings. The number of hydrogen-bond acceptors (Lipinski definition) is 2. The van der Waals surface area contributed by atoms with Gasteiger partial charge in [0.25, 0.3) is 0 Å². The number of carbonyl (C=O) groups is 1. The van der Waals surface area contributed by atoms with E-state index in [-0.39, 0.29) is 12.2 Å². The Balaban J connectivity index is 1.76. The molecule has 0 aliphatic heterocycles. The van der Waals surface area contributed by atoms with E-state index < -0.39 is 0 Å². The Morgan fingerprint density at radius 3 is 2.33 bits per heavy atom. The fourth-order valence-corrected chi connectivity index (χ4v) is 2.23. The highest BCUT2D eigenvalue weighted by atomic mass is 16.3. The van der Waals surface area contributed by atoms with Gasteiger partial charge in [-0.05, 0) is 19.1 Å². The summed E-state index contributed by atoms with van der Waals surface area (Å²) in [6.45, 7) is 2.05. The highest BCUT2D eigenvalue weighted by Crippen LogP contribution is 2.23. The van der Waals surface area contributed by atoms with Gasteiger partial charge in [-0.3, -0.25) is 4.79 Å². The highest BCUT2D eigenvalue weighted by molar-refractivity contribution is 5.97. The zero-order chi connectivity index (χ0) is 14.7. The van der Waals surface area contributed by atoms with Gasteiger partial charge in [-0.2, -0.15) is 0 Å². The highest BCUT2D eigenvalue weighted by Gasteiger charge is 2.10. The first-order valence-corrected chi connectivity index (χ1v) is 6.96. The van der Waals surface area contributed by atoms with Gasteiger partial charge in [-0.15, -0.1) is 0 Å². The molecule has 0 spiro atoms. The van der Waals surface area contributed by atoms with Crippen molar-refractivity contribution >= 4 is 5.78 Å². The molecule has 0 saturated carbocycles. The predicted molar refractivity (Wildman–Crippen MR) is 83.4 cm³/mol. The molecule has 1 aromatic heterocycles. The first-order valence-electron chi connectivity index (χ1n) is 6.96. The molecule has 1 heterocycles. The lowest BCUT2D eigenvalue weighted by Gasteiger charge is -2.00. The standard InChI is InChI=1S/C19H16O2/c1-14-7-9-16(10-8-14)19-12-11-17(21-19)13-18(20)15-5-3-2-4-6-15/h2-12H,13H2,1H3. The molecule has 0 bridgehead atoms. The third-order valence-electron chi connectivity index (χ3n) is 3.43. The Hall–Kier alpha value is -2.61. The number of benzene rings is 2. The van der Waals surface area contributed by atoms with Crippen LogP contribution in [0.25, 0.3) is 11.3 Å². The summed E-state index contributed by atoms with van der Waals surface area (Å²) in [6, 6.07) is 21.2. The molecule has 2 heteroatoms. The maximum Gasteiger partial charge on any atom is 0.170 e. The van der Waals surface area contributed by atoms with Crippen LogP contribution in [0, 0.1) is 6.92 Å². The van der Waals surface area contributed by atoms with Crippen molar-refractivity contribution < 1.29 is 9.21 Å². The van der Waals surface area contributed by atoms with Crippen molar-refractivity contribution in [3.05, 3.63) is 83.6 Å². The lowest BCUT2D eigenvalue weighted by atomic mass is 10.1. The maximum absolute atomic E-state index is 12.1. The summed E-state index contributed by atoms with van der Waals surface area (Å²) in [5.74, 6) is 1.56. The molecule has 0 fully saturated rings. The number of hydrogen-bond donors (Lipinski definition) is 0. The molecule has 2 aromatic carbocycles. The van der Waals surface area contributed by atoms with Gasteiger partial charge >= 0.3 is 0 Å². The van der Waals surface area contributed by atoms with E-state index in [4.69, 9.17) is 4.42 Å². The van der Waals surface area contributed by atoms with E-state index in [1.165, 1.54) is 5.56 Å². The second-order valence-corrected chi connectivity index (χ2v) is 5.10. The summed E-state index contributed by atoms with van der Waals surface area (Å²) >= 11 is 0. The molecule has 0 amide bonds. The van der Waals surface area contributed by atoms with Crippen LogP contribution in [0.1, 0.15) is 21.7 Å². The number of Topliss-reactive ketones (excluding diaryl/α,β-unsaturated/α-hetero) is 1.